The van der Waals surface area contributed by atoms with Crippen molar-refractivity contribution in [2.24, 2.45) is 0 Å². The van der Waals surface area contributed by atoms with Crippen molar-refractivity contribution in [3.05, 3.63) is 24.3 Å². The Morgan fingerprint density at radius 2 is 0.848 bits per heavy atom. The highest BCUT2D eigenvalue weighted by Gasteiger charge is 2.14. The lowest BCUT2D eigenvalue weighted by Crippen LogP contribution is -2.18. The minimum absolute atomic E-state index is 0.0159. The van der Waals surface area contributed by atoms with Gasteiger partial charge in [0.1, 0.15) is 6.10 Å². The second-order valence-electron chi connectivity index (χ2n) is 13.8. The smallest absolute Gasteiger partial charge is 0.306 e. The highest BCUT2D eigenvalue weighted by molar-refractivity contribution is 5.69. The average Bonchev–Trinajstić information content (AvgIpc) is 3.04. The minimum Gasteiger partial charge on any atom is -0.481 e. The summed E-state index contributed by atoms with van der Waals surface area (Å²) in [6.45, 7) is 4.50. The van der Waals surface area contributed by atoms with Crippen molar-refractivity contribution in [2.75, 3.05) is 0 Å². The average molecular weight is 647 g/mol. The molecule has 0 aromatic heterocycles. The number of carboxylic acids is 1. The van der Waals surface area contributed by atoms with E-state index in [2.05, 4.69) is 38.2 Å². The third kappa shape index (κ3) is 36.9. The maximum atomic E-state index is 12.6. The first-order chi connectivity index (χ1) is 22.6. The van der Waals surface area contributed by atoms with Crippen LogP contribution in [0.4, 0.5) is 0 Å². The fraction of sp³-hybridized carbons (Fsp3) is 0.857. The van der Waals surface area contributed by atoms with E-state index in [-0.39, 0.29) is 12.1 Å². The topological polar surface area (TPSA) is 63.6 Å². The van der Waals surface area contributed by atoms with Crippen molar-refractivity contribution in [2.45, 2.75) is 232 Å². The molecular weight excluding hydrogens is 568 g/mol. The van der Waals surface area contributed by atoms with E-state index >= 15 is 0 Å². The molecule has 1 atom stereocenters. The van der Waals surface area contributed by atoms with E-state index in [1.807, 2.05) is 0 Å². The van der Waals surface area contributed by atoms with Crippen molar-refractivity contribution < 1.29 is 19.4 Å². The SMILES string of the molecule is CCCCC/C=C\C/C=C\CCCCCCCCCCCCCC(=O)OC(CCCCCCC)CCCCCCCCCC(=O)O. The standard InChI is InChI=1S/C42H78O4/c1-3-5-7-9-10-11-12-13-14-15-16-17-18-19-20-21-22-23-27-31-35-39-42(45)46-40(36-32-28-8-6-4-2)37-33-29-25-24-26-30-34-38-41(43)44/h10-11,13-14,40H,3-9,12,15-39H2,1-2H3,(H,43,44)/b11-10-,14-13-. The molecule has 1 unspecified atom stereocenters. The number of carbonyl (C=O) groups is 2. The van der Waals surface area contributed by atoms with Crippen LogP contribution in [-0.2, 0) is 14.3 Å². The maximum Gasteiger partial charge on any atom is 0.306 e. The largest absolute Gasteiger partial charge is 0.481 e. The molecule has 1 N–H and O–H groups in total. The van der Waals surface area contributed by atoms with Crippen LogP contribution in [-0.4, -0.2) is 23.1 Å². The molecule has 0 amide bonds. The van der Waals surface area contributed by atoms with Gasteiger partial charge in [0.25, 0.3) is 0 Å². The third-order valence-corrected chi connectivity index (χ3v) is 9.18. The summed E-state index contributed by atoms with van der Waals surface area (Å²) in [6, 6.07) is 0. The van der Waals surface area contributed by atoms with Crippen LogP contribution >= 0.6 is 0 Å². The first-order valence-electron chi connectivity index (χ1n) is 20.3. The highest BCUT2D eigenvalue weighted by atomic mass is 16.5. The van der Waals surface area contributed by atoms with Crippen LogP contribution in [0.2, 0.25) is 0 Å². The lowest BCUT2D eigenvalue weighted by atomic mass is 10.0. The second-order valence-corrected chi connectivity index (χ2v) is 13.8. The summed E-state index contributed by atoms with van der Waals surface area (Å²) < 4.78 is 5.98. The van der Waals surface area contributed by atoms with Crippen molar-refractivity contribution in [3.8, 4) is 0 Å². The summed E-state index contributed by atoms with van der Waals surface area (Å²) in [7, 11) is 0. The summed E-state index contributed by atoms with van der Waals surface area (Å²) in [5.41, 5.74) is 0. The van der Waals surface area contributed by atoms with Crippen LogP contribution in [0.1, 0.15) is 226 Å². The molecule has 46 heavy (non-hydrogen) atoms. The zero-order valence-corrected chi connectivity index (χ0v) is 30.9. The van der Waals surface area contributed by atoms with E-state index < -0.39 is 5.97 Å². The Kier molecular flexibility index (Phi) is 36.6. The summed E-state index contributed by atoms with van der Waals surface area (Å²) in [4.78, 5) is 23.2. The predicted molar refractivity (Wildman–Crippen MR) is 200 cm³/mol. The Bertz CT molecular complexity index is 698. The summed E-state index contributed by atoms with van der Waals surface area (Å²) in [6.07, 6.45) is 47.9. The van der Waals surface area contributed by atoms with Crippen molar-refractivity contribution in [1.29, 1.82) is 0 Å². The predicted octanol–water partition coefficient (Wildman–Crippen LogP) is 14.0. The highest BCUT2D eigenvalue weighted by Crippen LogP contribution is 2.19. The number of hydrogen-bond acceptors (Lipinski definition) is 3. The van der Waals surface area contributed by atoms with Crippen LogP contribution in [0, 0.1) is 0 Å². The van der Waals surface area contributed by atoms with E-state index in [0.717, 1.165) is 64.2 Å². The van der Waals surface area contributed by atoms with Gasteiger partial charge in [0.2, 0.25) is 0 Å². The van der Waals surface area contributed by atoms with Gasteiger partial charge in [0.05, 0.1) is 0 Å². The molecule has 4 heteroatoms. The summed E-state index contributed by atoms with van der Waals surface area (Å²) >= 11 is 0. The van der Waals surface area contributed by atoms with Crippen molar-refractivity contribution in [1.82, 2.24) is 0 Å². The molecule has 0 fully saturated rings. The first kappa shape index (κ1) is 44.4. The molecule has 0 spiro atoms. The van der Waals surface area contributed by atoms with Gasteiger partial charge in [-0.1, -0.05) is 167 Å². The number of aliphatic carboxylic acids is 1. The van der Waals surface area contributed by atoms with Gasteiger partial charge in [-0.05, 0) is 70.6 Å². The fourth-order valence-electron chi connectivity index (χ4n) is 6.16. The lowest BCUT2D eigenvalue weighted by molar-refractivity contribution is -0.150. The zero-order chi connectivity index (χ0) is 33.6. The molecule has 0 bridgehead atoms. The third-order valence-electron chi connectivity index (χ3n) is 9.18. The number of carbonyl (C=O) groups excluding carboxylic acids is 1. The Balaban J connectivity index is 3.76. The fourth-order valence-corrected chi connectivity index (χ4v) is 6.16. The molecule has 0 heterocycles. The lowest BCUT2D eigenvalue weighted by Gasteiger charge is -2.18. The summed E-state index contributed by atoms with van der Waals surface area (Å²) in [5.74, 6) is -0.671. The molecular formula is C42H78O4. The number of carboxylic acid groups (broad SMARTS) is 1. The van der Waals surface area contributed by atoms with Crippen LogP contribution in [0.25, 0.3) is 0 Å². The molecule has 0 saturated carbocycles. The second kappa shape index (κ2) is 37.9. The van der Waals surface area contributed by atoms with Gasteiger partial charge in [-0.15, -0.1) is 0 Å². The van der Waals surface area contributed by atoms with Crippen molar-refractivity contribution >= 4 is 11.9 Å². The van der Waals surface area contributed by atoms with Gasteiger partial charge < -0.3 is 9.84 Å². The molecule has 0 rings (SSSR count). The number of ether oxygens (including phenoxy) is 1. The molecule has 0 saturated heterocycles. The Morgan fingerprint density at radius 1 is 0.478 bits per heavy atom. The van der Waals surface area contributed by atoms with Crippen LogP contribution < -0.4 is 0 Å². The van der Waals surface area contributed by atoms with Gasteiger partial charge in [0.15, 0.2) is 0 Å². The maximum absolute atomic E-state index is 12.6. The molecule has 0 aromatic rings. The monoisotopic (exact) mass is 647 g/mol. The van der Waals surface area contributed by atoms with E-state index in [1.54, 1.807) is 0 Å². The van der Waals surface area contributed by atoms with Crippen LogP contribution in [0.15, 0.2) is 24.3 Å². The normalized spacial score (nSPS) is 12.4. The Hall–Kier alpha value is -1.58. The van der Waals surface area contributed by atoms with Crippen molar-refractivity contribution in [3.63, 3.8) is 0 Å². The quantitative estimate of drug-likeness (QED) is 0.0414. The molecule has 4 nitrogen and oxygen atoms in total. The van der Waals surface area contributed by atoms with Crippen LogP contribution in [0.5, 0.6) is 0 Å². The number of unbranched alkanes of at least 4 members (excludes halogenated alkanes) is 24. The van der Waals surface area contributed by atoms with Gasteiger partial charge >= 0.3 is 11.9 Å². The Labute approximate surface area is 287 Å². The molecule has 0 aliphatic heterocycles. The number of esters is 1. The van der Waals surface area contributed by atoms with Gasteiger partial charge in [-0.2, -0.15) is 0 Å². The minimum atomic E-state index is -0.687. The van der Waals surface area contributed by atoms with E-state index in [4.69, 9.17) is 9.84 Å². The van der Waals surface area contributed by atoms with Crippen LogP contribution in [0.3, 0.4) is 0 Å². The molecule has 0 aliphatic rings. The number of hydrogen-bond donors (Lipinski definition) is 1. The zero-order valence-electron chi connectivity index (χ0n) is 30.9. The summed E-state index contributed by atoms with van der Waals surface area (Å²) in [5, 5.41) is 8.74. The molecule has 0 aliphatic carbocycles. The molecule has 0 radical (unpaired) electrons. The van der Waals surface area contributed by atoms with E-state index in [9.17, 15) is 9.59 Å². The van der Waals surface area contributed by atoms with Gasteiger partial charge in [0, 0.05) is 12.8 Å². The van der Waals surface area contributed by atoms with Gasteiger partial charge in [-0.3, -0.25) is 9.59 Å². The number of allylic oxidation sites excluding steroid dienone is 4. The van der Waals surface area contributed by atoms with Gasteiger partial charge in [-0.25, -0.2) is 0 Å². The number of rotatable bonds is 37. The Morgan fingerprint density at radius 3 is 1.33 bits per heavy atom. The first-order valence-corrected chi connectivity index (χ1v) is 20.3. The molecule has 0 aromatic carbocycles. The van der Waals surface area contributed by atoms with E-state index in [0.29, 0.717) is 12.8 Å². The molecule has 270 valence electrons. The van der Waals surface area contributed by atoms with E-state index in [1.165, 1.54) is 135 Å².